The van der Waals surface area contributed by atoms with Gasteiger partial charge in [-0.25, -0.2) is 0 Å². The highest BCUT2D eigenvalue weighted by Crippen LogP contribution is 2.53. The van der Waals surface area contributed by atoms with E-state index in [2.05, 4.69) is 37.0 Å². The summed E-state index contributed by atoms with van der Waals surface area (Å²) in [6, 6.07) is 14.0. The van der Waals surface area contributed by atoms with Crippen molar-refractivity contribution in [1.82, 2.24) is 4.90 Å². The average molecular weight is 378 g/mol. The number of nitriles is 3. The van der Waals surface area contributed by atoms with Crippen molar-refractivity contribution < 1.29 is 0 Å². The Morgan fingerprint density at radius 3 is 2.44 bits per heavy atom. The number of benzene rings is 1. The second-order valence-electron chi connectivity index (χ2n) is 7.23. The molecule has 0 unspecified atom stereocenters. The van der Waals surface area contributed by atoms with E-state index in [-0.39, 0.29) is 23.1 Å². The summed E-state index contributed by atoms with van der Waals surface area (Å²) in [7, 11) is 0. The van der Waals surface area contributed by atoms with Gasteiger partial charge >= 0.3 is 0 Å². The third kappa shape index (κ3) is 2.79. The normalized spacial score (nSPS) is 24.4. The van der Waals surface area contributed by atoms with Crippen molar-refractivity contribution in [2.24, 2.45) is 17.1 Å². The lowest BCUT2D eigenvalue weighted by atomic mass is 9.60. The van der Waals surface area contributed by atoms with E-state index in [0.717, 1.165) is 5.56 Å². The molecule has 1 aromatic carbocycles. The van der Waals surface area contributed by atoms with E-state index in [1.54, 1.807) is 6.07 Å². The van der Waals surface area contributed by atoms with E-state index < -0.39 is 5.41 Å². The molecule has 0 aromatic heterocycles. The third-order valence-electron chi connectivity index (χ3n) is 5.64. The van der Waals surface area contributed by atoms with Crippen LogP contribution in [0.1, 0.15) is 25.3 Å². The molecule has 27 heavy (non-hydrogen) atoms. The van der Waals surface area contributed by atoms with Crippen LogP contribution in [0.4, 0.5) is 0 Å². The maximum absolute atomic E-state index is 9.89. The van der Waals surface area contributed by atoms with Crippen molar-refractivity contribution in [1.29, 1.82) is 15.8 Å². The zero-order chi connectivity index (χ0) is 19.8. The molecule has 2 aliphatic rings. The number of fused-ring (bicyclic) bond motifs is 1. The fourth-order valence-electron chi connectivity index (χ4n) is 4.16. The molecule has 6 heteroatoms. The molecule has 0 spiro atoms. The third-order valence-corrected chi connectivity index (χ3v) is 5.99. The zero-order valence-corrected chi connectivity index (χ0v) is 16.0. The molecule has 0 fully saturated rings. The summed E-state index contributed by atoms with van der Waals surface area (Å²) in [6.45, 7) is 5.47. The van der Waals surface area contributed by atoms with Crippen LogP contribution in [0.5, 0.6) is 0 Å². The van der Waals surface area contributed by atoms with Gasteiger partial charge in [0.15, 0.2) is 0 Å². The lowest BCUT2D eigenvalue weighted by Crippen LogP contribution is -2.48. The largest absolute Gasteiger partial charge is 0.399 e. The van der Waals surface area contributed by atoms with Crippen LogP contribution in [0.15, 0.2) is 47.2 Å². The quantitative estimate of drug-likeness (QED) is 0.795. The highest BCUT2D eigenvalue weighted by Gasteiger charge is 2.52. The lowest BCUT2D eigenvalue weighted by Gasteiger charge is -2.46. The Morgan fingerprint density at radius 1 is 1.22 bits per heavy atom. The van der Waals surface area contributed by atoms with Crippen LogP contribution in [-0.4, -0.2) is 24.0 Å². The molecule has 1 aliphatic heterocycles. The van der Waals surface area contributed by atoms with E-state index in [0.29, 0.717) is 29.7 Å². The molecule has 1 aromatic rings. The monoisotopic (exact) mass is 377 g/mol. The molecule has 5 nitrogen and oxygen atoms in total. The topological polar surface area (TPSA) is 101 Å². The molecular weight excluding hydrogens is 358 g/mol. The summed E-state index contributed by atoms with van der Waals surface area (Å²) < 4.78 is 0. The highest BCUT2D eigenvalue weighted by atomic mass is 35.5. The van der Waals surface area contributed by atoms with Gasteiger partial charge in [-0.15, -0.1) is 0 Å². The second kappa shape index (κ2) is 7.09. The Kier molecular flexibility index (Phi) is 4.99. The van der Waals surface area contributed by atoms with Gasteiger partial charge in [-0.2, -0.15) is 15.8 Å². The van der Waals surface area contributed by atoms with E-state index in [9.17, 15) is 15.8 Å². The van der Waals surface area contributed by atoms with Crippen molar-refractivity contribution in [3.63, 3.8) is 0 Å². The first kappa shape index (κ1) is 19.0. The molecule has 2 atom stereocenters. The van der Waals surface area contributed by atoms with Gasteiger partial charge in [0.2, 0.25) is 5.41 Å². The van der Waals surface area contributed by atoms with Crippen LogP contribution in [0, 0.1) is 45.3 Å². The van der Waals surface area contributed by atoms with Crippen LogP contribution in [0.25, 0.3) is 0 Å². The average Bonchev–Trinajstić information content (AvgIpc) is 2.68. The molecule has 0 amide bonds. The van der Waals surface area contributed by atoms with E-state index in [4.69, 9.17) is 17.3 Å². The minimum atomic E-state index is -1.60. The van der Waals surface area contributed by atoms with Crippen LogP contribution >= 0.6 is 11.6 Å². The molecule has 0 bridgehead atoms. The standard InChI is InChI=1S/C21H20ClN5/c1-13(2)27-8-7-17-16(10-27)19(14-5-3-4-6-18(14)22)15(9-23)20(26)21(17,11-24)12-25/h3-7,13,16,19H,8,10,26H2,1-2H3/t16-,19-/m1/s1. The van der Waals surface area contributed by atoms with Gasteiger partial charge in [-0.05, 0) is 31.1 Å². The maximum Gasteiger partial charge on any atom is 0.204 e. The van der Waals surface area contributed by atoms with Gasteiger partial charge in [0.25, 0.3) is 0 Å². The van der Waals surface area contributed by atoms with E-state index in [1.807, 2.05) is 24.3 Å². The maximum atomic E-state index is 9.89. The van der Waals surface area contributed by atoms with Crippen molar-refractivity contribution in [3.8, 4) is 18.2 Å². The fraction of sp³-hybridized carbons (Fsp3) is 0.381. The summed E-state index contributed by atoms with van der Waals surface area (Å²) in [6.07, 6.45) is 1.94. The molecule has 1 heterocycles. The number of rotatable bonds is 2. The van der Waals surface area contributed by atoms with E-state index in [1.165, 1.54) is 0 Å². The predicted octanol–water partition coefficient (Wildman–Crippen LogP) is 3.47. The number of nitrogens with two attached hydrogens (primary N) is 1. The first-order chi connectivity index (χ1) is 12.9. The van der Waals surface area contributed by atoms with Crippen LogP contribution < -0.4 is 5.73 Å². The number of hydrogen-bond donors (Lipinski definition) is 1. The molecule has 0 saturated heterocycles. The number of allylic oxidation sites excluding steroid dienone is 2. The summed E-state index contributed by atoms with van der Waals surface area (Å²) >= 11 is 6.46. The van der Waals surface area contributed by atoms with Crippen molar-refractivity contribution >= 4 is 11.6 Å². The minimum Gasteiger partial charge on any atom is -0.399 e. The number of halogens is 1. The Balaban J connectivity index is 2.31. The molecule has 2 N–H and O–H groups in total. The molecule has 136 valence electrons. The Morgan fingerprint density at radius 2 is 1.89 bits per heavy atom. The fourth-order valence-corrected chi connectivity index (χ4v) is 4.41. The smallest absolute Gasteiger partial charge is 0.204 e. The van der Waals surface area contributed by atoms with Gasteiger partial charge in [0, 0.05) is 36.0 Å². The minimum absolute atomic E-state index is 0.0282. The molecule has 0 saturated carbocycles. The van der Waals surface area contributed by atoms with Crippen molar-refractivity contribution in [3.05, 3.63) is 57.8 Å². The van der Waals surface area contributed by atoms with Gasteiger partial charge in [0.05, 0.1) is 29.5 Å². The van der Waals surface area contributed by atoms with Gasteiger partial charge in [-0.3, -0.25) is 4.90 Å². The molecule has 1 aliphatic carbocycles. The predicted molar refractivity (Wildman–Crippen MR) is 103 cm³/mol. The summed E-state index contributed by atoms with van der Waals surface area (Å²) in [5, 5.41) is 30.2. The van der Waals surface area contributed by atoms with Crippen molar-refractivity contribution in [2.75, 3.05) is 13.1 Å². The first-order valence-electron chi connectivity index (χ1n) is 8.83. The first-order valence-corrected chi connectivity index (χ1v) is 9.20. The van der Waals surface area contributed by atoms with E-state index >= 15 is 0 Å². The lowest BCUT2D eigenvalue weighted by molar-refractivity contribution is 0.186. The molecule has 0 radical (unpaired) electrons. The Labute approximate surface area is 164 Å². The zero-order valence-electron chi connectivity index (χ0n) is 15.3. The number of hydrogen-bond acceptors (Lipinski definition) is 5. The summed E-state index contributed by atoms with van der Waals surface area (Å²) in [5.41, 5.74) is 6.46. The highest BCUT2D eigenvalue weighted by molar-refractivity contribution is 6.31. The summed E-state index contributed by atoms with van der Waals surface area (Å²) in [5.74, 6) is -0.603. The van der Waals surface area contributed by atoms with Crippen LogP contribution in [0.2, 0.25) is 5.02 Å². The van der Waals surface area contributed by atoms with Gasteiger partial charge in [-0.1, -0.05) is 35.9 Å². The molecule has 3 rings (SSSR count). The number of nitrogens with zero attached hydrogens (tertiary/aromatic N) is 4. The van der Waals surface area contributed by atoms with Gasteiger partial charge in [0.1, 0.15) is 0 Å². The summed E-state index contributed by atoms with van der Waals surface area (Å²) in [4.78, 5) is 2.26. The molecular formula is C21H20ClN5. The van der Waals surface area contributed by atoms with Crippen LogP contribution in [0.3, 0.4) is 0 Å². The van der Waals surface area contributed by atoms with Crippen LogP contribution in [-0.2, 0) is 0 Å². The van der Waals surface area contributed by atoms with Crippen molar-refractivity contribution in [2.45, 2.75) is 25.8 Å². The SMILES string of the molecule is CC(C)N1CC=C2[C@@H](C1)[C@H](c1ccccc1Cl)C(C#N)=C(N)C2(C#N)C#N. The second-order valence-corrected chi connectivity index (χ2v) is 7.63. The Bertz CT molecular complexity index is 940. The van der Waals surface area contributed by atoms with Gasteiger partial charge < -0.3 is 5.73 Å². The Hall–Kier alpha value is -2.78.